The lowest BCUT2D eigenvalue weighted by Crippen LogP contribution is -2.48. The average Bonchev–Trinajstić information content (AvgIpc) is 2.68. The molecular weight excluding hydrogens is 320 g/mol. The largest absolute Gasteiger partial charge is 0.481 e. The Balaban J connectivity index is 1.89. The summed E-state index contributed by atoms with van der Waals surface area (Å²) < 4.78 is 5.42. The number of carbonyl (C=O) groups is 1. The molecule has 0 amide bonds. The van der Waals surface area contributed by atoms with Crippen molar-refractivity contribution >= 4 is 17.7 Å². The van der Waals surface area contributed by atoms with Gasteiger partial charge in [-0.05, 0) is 25.7 Å². The maximum atomic E-state index is 11.8. The fourth-order valence-electron chi connectivity index (χ4n) is 3.66. The third-order valence-corrected chi connectivity index (χ3v) is 5.44. The van der Waals surface area contributed by atoms with Gasteiger partial charge in [0, 0.05) is 37.9 Å². The SMILES string of the molecule is CCc1cc(N2CCC[C@@](CC)(C(=O)O)C2)nc(N2CCOCC2)n1. The fourth-order valence-corrected chi connectivity index (χ4v) is 3.66. The highest BCUT2D eigenvalue weighted by atomic mass is 16.5. The van der Waals surface area contributed by atoms with Crippen LogP contribution in [-0.4, -0.2) is 60.4 Å². The molecule has 0 aromatic carbocycles. The molecule has 2 saturated heterocycles. The summed E-state index contributed by atoms with van der Waals surface area (Å²) in [6, 6.07) is 2.01. The lowest BCUT2D eigenvalue weighted by atomic mass is 9.77. The zero-order valence-electron chi connectivity index (χ0n) is 15.2. The van der Waals surface area contributed by atoms with Crippen LogP contribution >= 0.6 is 0 Å². The Bertz CT molecular complexity index is 618. The van der Waals surface area contributed by atoms with Crippen molar-refractivity contribution in [2.24, 2.45) is 5.41 Å². The second kappa shape index (κ2) is 7.56. The molecule has 0 unspecified atom stereocenters. The quantitative estimate of drug-likeness (QED) is 0.871. The maximum Gasteiger partial charge on any atom is 0.311 e. The van der Waals surface area contributed by atoms with Gasteiger partial charge in [-0.15, -0.1) is 0 Å². The number of morpholine rings is 1. The van der Waals surface area contributed by atoms with Gasteiger partial charge < -0.3 is 19.6 Å². The fraction of sp³-hybridized carbons (Fsp3) is 0.722. The minimum Gasteiger partial charge on any atom is -0.481 e. The van der Waals surface area contributed by atoms with Crippen LogP contribution in [0.5, 0.6) is 0 Å². The molecule has 3 heterocycles. The number of piperidine rings is 1. The van der Waals surface area contributed by atoms with Gasteiger partial charge in [0.25, 0.3) is 0 Å². The molecule has 0 saturated carbocycles. The van der Waals surface area contributed by atoms with Crippen molar-refractivity contribution in [2.75, 3.05) is 49.2 Å². The summed E-state index contributed by atoms with van der Waals surface area (Å²) in [4.78, 5) is 25.6. The molecule has 2 aliphatic rings. The second-order valence-corrected chi connectivity index (χ2v) is 6.93. The standard InChI is InChI=1S/C18H28N4O3/c1-3-14-12-15(20-17(19-14)21-8-10-25-11-9-21)22-7-5-6-18(4-2,13-22)16(23)24/h12H,3-11,13H2,1-2H3,(H,23,24)/t18-/m1/s1. The number of hydrogen-bond donors (Lipinski definition) is 1. The highest BCUT2D eigenvalue weighted by Crippen LogP contribution is 2.35. The van der Waals surface area contributed by atoms with Gasteiger partial charge in [-0.25, -0.2) is 4.98 Å². The number of aliphatic carboxylic acids is 1. The first kappa shape index (κ1) is 17.9. The topological polar surface area (TPSA) is 78.8 Å². The van der Waals surface area contributed by atoms with Gasteiger partial charge in [-0.1, -0.05) is 13.8 Å². The number of carboxylic acid groups (broad SMARTS) is 1. The van der Waals surface area contributed by atoms with E-state index < -0.39 is 11.4 Å². The Labute approximate surface area is 149 Å². The molecule has 7 nitrogen and oxygen atoms in total. The summed E-state index contributed by atoms with van der Waals surface area (Å²) in [7, 11) is 0. The van der Waals surface area contributed by atoms with Crippen LogP contribution in [0.15, 0.2) is 6.07 Å². The number of carboxylic acids is 1. The molecule has 0 bridgehead atoms. The lowest BCUT2D eigenvalue weighted by molar-refractivity contribution is -0.149. The number of nitrogens with zero attached hydrogens (tertiary/aromatic N) is 4. The highest BCUT2D eigenvalue weighted by Gasteiger charge is 2.41. The highest BCUT2D eigenvalue weighted by molar-refractivity contribution is 5.76. The van der Waals surface area contributed by atoms with Crippen molar-refractivity contribution in [3.63, 3.8) is 0 Å². The zero-order chi connectivity index (χ0) is 17.9. The van der Waals surface area contributed by atoms with E-state index in [2.05, 4.69) is 21.7 Å². The van der Waals surface area contributed by atoms with Gasteiger partial charge in [0.15, 0.2) is 0 Å². The Morgan fingerprint density at radius 2 is 2.00 bits per heavy atom. The Kier molecular flexibility index (Phi) is 5.42. The first-order valence-corrected chi connectivity index (χ1v) is 9.27. The molecule has 1 atom stereocenters. The third kappa shape index (κ3) is 3.71. The summed E-state index contributed by atoms with van der Waals surface area (Å²) in [5, 5.41) is 9.73. The lowest BCUT2D eigenvalue weighted by Gasteiger charge is -2.40. The van der Waals surface area contributed by atoms with Gasteiger partial charge in [-0.2, -0.15) is 4.98 Å². The van der Waals surface area contributed by atoms with Crippen molar-refractivity contribution < 1.29 is 14.6 Å². The van der Waals surface area contributed by atoms with Crippen LogP contribution in [0.1, 0.15) is 38.8 Å². The smallest absolute Gasteiger partial charge is 0.311 e. The summed E-state index contributed by atoms with van der Waals surface area (Å²) in [6.45, 7) is 8.38. The van der Waals surface area contributed by atoms with Crippen LogP contribution in [0.4, 0.5) is 11.8 Å². The Hall–Kier alpha value is -1.89. The van der Waals surface area contributed by atoms with Crippen molar-refractivity contribution in [1.82, 2.24) is 9.97 Å². The van der Waals surface area contributed by atoms with E-state index in [1.54, 1.807) is 0 Å². The molecule has 2 aliphatic heterocycles. The van der Waals surface area contributed by atoms with Crippen molar-refractivity contribution in [2.45, 2.75) is 39.5 Å². The van der Waals surface area contributed by atoms with Gasteiger partial charge in [-0.3, -0.25) is 4.79 Å². The summed E-state index contributed by atoms with van der Waals surface area (Å²) in [6.07, 6.45) is 3.08. The molecule has 3 rings (SSSR count). The van der Waals surface area contributed by atoms with Crippen molar-refractivity contribution in [3.8, 4) is 0 Å². The Morgan fingerprint density at radius 1 is 1.24 bits per heavy atom. The van der Waals surface area contributed by atoms with Crippen molar-refractivity contribution in [3.05, 3.63) is 11.8 Å². The van der Waals surface area contributed by atoms with Crippen LogP contribution in [-0.2, 0) is 16.0 Å². The molecule has 25 heavy (non-hydrogen) atoms. The molecular formula is C18H28N4O3. The van der Waals surface area contributed by atoms with Crippen molar-refractivity contribution in [1.29, 1.82) is 0 Å². The summed E-state index contributed by atoms with van der Waals surface area (Å²) >= 11 is 0. The van der Waals surface area contributed by atoms with E-state index in [1.165, 1.54) is 0 Å². The summed E-state index contributed by atoms with van der Waals surface area (Å²) in [5.74, 6) is 0.894. The molecule has 1 N–H and O–H groups in total. The van der Waals surface area contributed by atoms with Crippen LogP contribution in [0, 0.1) is 5.41 Å². The van der Waals surface area contributed by atoms with E-state index in [1.807, 2.05) is 13.0 Å². The predicted molar refractivity (Wildman–Crippen MR) is 96.2 cm³/mol. The number of aryl methyl sites for hydroxylation is 1. The average molecular weight is 348 g/mol. The van der Waals surface area contributed by atoms with Gasteiger partial charge in [0.2, 0.25) is 5.95 Å². The van der Waals surface area contributed by atoms with E-state index >= 15 is 0 Å². The molecule has 1 aromatic heterocycles. The minimum atomic E-state index is -0.696. The number of hydrogen-bond acceptors (Lipinski definition) is 6. The van der Waals surface area contributed by atoms with E-state index in [9.17, 15) is 9.90 Å². The molecule has 138 valence electrons. The zero-order valence-corrected chi connectivity index (χ0v) is 15.2. The first-order chi connectivity index (χ1) is 12.1. The number of anilines is 2. The molecule has 7 heteroatoms. The number of rotatable bonds is 5. The van der Waals surface area contributed by atoms with Gasteiger partial charge in [0.1, 0.15) is 5.82 Å². The summed E-state index contributed by atoms with van der Waals surface area (Å²) in [5.41, 5.74) is 0.323. The molecule has 2 fully saturated rings. The van der Waals surface area contributed by atoms with E-state index in [-0.39, 0.29) is 0 Å². The third-order valence-electron chi connectivity index (χ3n) is 5.44. The van der Waals surface area contributed by atoms with Crippen LogP contribution in [0.2, 0.25) is 0 Å². The normalized spacial score (nSPS) is 24.4. The maximum absolute atomic E-state index is 11.8. The van der Waals surface area contributed by atoms with Crippen LogP contribution < -0.4 is 9.80 Å². The number of aromatic nitrogens is 2. The molecule has 0 spiro atoms. The van der Waals surface area contributed by atoms with E-state index in [0.29, 0.717) is 26.2 Å². The Morgan fingerprint density at radius 3 is 2.64 bits per heavy atom. The molecule has 1 aromatic rings. The predicted octanol–water partition coefficient (Wildman–Crippen LogP) is 1.96. The molecule has 0 radical (unpaired) electrons. The van der Waals surface area contributed by atoms with Gasteiger partial charge in [0.05, 0.1) is 18.6 Å². The van der Waals surface area contributed by atoms with E-state index in [4.69, 9.17) is 9.72 Å². The monoisotopic (exact) mass is 348 g/mol. The van der Waals surface area contributed by atoms with Gasteiger partial charge >= 0.3 is 5.97 Å². The second-order valence-electron chi connectivity index (χ2n) is 6.93. The van der Waals surface area contributed by atoms with Crippen LogP contribution in [0.25, 0.3) is 0 Å². The van der Waals surface area contributed by atoms with Crippen LogP contribution in [0.3, 0.4) is 0 Å². The van der Waals surface area contributed by atoms with E-state index in [0.717, 1.165) is 56.4 Å². The number of ether oxygens (including phenoxy) is 1. The first-order valence-electron chi connectivity index (χ1n) is 9.27. The molecule has 0 aliphatic carbocycles. The minimum absolute atomic E-state index is 0.515.